The van der Waals surface area contributed by atoms with Crippen molar-refractivity contribution in [2.45, 2.75) is 39.4 Å². The van der Waals surface area contributed by atoms with Crippen molar-refractivity contribution in [1.82, 2.24) is 0 Å². The molecule has 0 aliphatic carbocycles. The zero-order valence-electron chi connectivity index (χ0n) is 14.9. The molecule has 2 aromatic carbocycles. The summed E-state index contributed by atoms with van der Waals surface area (Å²) in [4.78, 5) is 0. The summed E-state index contributed by atoms with van der Waals surface area (Å²) in [6, 6.07) is 21.1. The molecule has 1 unspecified atom stereocenters. The Balaban J connectivity index is 1.96. The lowest BCUT2D eigenvalue weighted by Crippen LogP contribution is -2.51. The van der Waals surface area contributed by atoms with Crippen LogP contribution in [0.4, 0.5) is 0 Å². The molecule has 0 spiro atoms. The van der Waals surface area contributed by atoms with E-state index in [4.69, 9.17) is 9.31 Å². The van der Waals surface area contributed by atoms with Gasteiger partial charge in [0.25, 0.3) is 0 Å². The summed E-state index contributed by atoms with van der Waals surface area (Å²) < 4.78 is 13.0. The van der Waals surface area contributed by atoms with Crippen molar-refractivity contribution in [2.24, 2.45) is 11.8 Å². The molecule has 24 heavy (non-hydrogen) atoms. The average Bonchev–Trinajstić information content (AvgIpc) is 2.62. The maximum Gasteiger partial charge on any atom is 0.494 e. The van der Waals surface area contributed by atoms with Gasteiger partial charge in [-0.3, -0.25) is 0 Å². The number of benzene rings is 2. The summed E-state index contributed by atoms with van der Waals surface area (Å²) in [5.74, 6) is 1.31. The Labute approximate surface area is 147 Å². The van der Waals surface area contributed by atoms with Gasteiger partial charge in [0, 0.05) is 0 Å². The summed E-state index contributed by atoms with van der Waals surface area (Å²) in [6.07, 6.45) is 0. The molecule has 1 saturated heterocycles. The highest BCUT2D eigenvalue weighted by Crippen LogP contribution is 2.54. The van der Waals surface area contributed by atoms with E-state index in [2.05, 4.69) is 70.2 Å². The highest BCUT2D eigenvalue weighted by Gasteiger charge is 2.45. The minimum atomic E-state index is -0.534. The molecule has 1 aliphatic rings. The van der Waals surface area contributed by atoms with Gasteiger partial charge in [-0.05, 0) is 30.5 Å². The topological polar surface area (TPSA) is 18.5 Å². The van der Waals surface area contributed by atoms with Crippen molar-refractivity contribution in [3.05, 3.63) is 60.7 Å². The predicted molar refractivity (Wildman–Crippen MR) is 104 cm³/mol. The van der Waals surface area contributed by atoms with E-state index in [-0.39, 0.29) is 18.8 Å². The van der Waals surface area contributed by atoms with E-state index in [0.717, 1.165) is 5.46 Å². The van der Waals surface area contributed by atoms with E-state index in [0.29, 0.717) is 11.8 Å². The van der Waals surface area contributed by atoms with Crippen LogP contribution in [0.15, 0.2) is 60.7 Å². The smallest absolute Gasteiger partial charge is 0.400 e. The Kier molecular flexibility index (Phi) is 5.76. The molecular weight excluding hydrogens is 314 g/mol. The summed E-state index contributed by atoms with van der Waals surface area (Å²) >= 11 is 0. The Bertz CT molecular complexity index is 615. The highest BCUT2D eigenvalue weighted by atomic mass is 31.1. The highest BCUT2D eigenvalue weighted by molar-refractivity contribution is 7.67. The van der Waals surface area contributed by atoms with Gasteiger partial charge in [0.2, 0.25) is 0 Å². The Morgan fingerprint density at radius 1 is 0.750 bits per heavy atom. The first-order valence-corrected chi connectivity index (χ1v) is 10.2. The van der Waals surface area contributed by atoms with E-state index in [1.54, 1.807) is 0 Å². The molecule has 0 saturated carbocycles. The molecule has 0 radical (unpaired) electrons. The van der Waals surface area contributed by atoms with E-state index < -0.39 is 7.92 Å². The first-order chi connectivity index (χ1) is 11.6. The standard InChI is InChI=1S/C20H26BO2P/c1-15(2)19-22-21(17-11-7-5-8-12-17)23-20(16(3)4)24(19)18-13-9-6-10-14-18/h5-16,19-20H,1-4H3/t19-,20+,24?. The molecular formula is C20H26BO2P. The monoisotopic (exact) mass is 340 g/mol. The fourth-order valence-corrected chi connectivity index (χ4v) is 6.34. The van der Waals surface area contributed by atoms with Crippen molar-refractivity contribution < 1.29 is 9.31 Å². The molecule has 0 N–H and O–H groups in total. The van der Waals surface area contributed by atoms with Crippen molar-refractivity contribution in [3.8, 4) is 0 Å². The van der Waals surface area contributed by atoms with Crippen LogP contribution in [-0.2, 0) is 9.31 Å². The van der Waals surface area contributed by atoms with Crippen LogP contribution in [0.1, 0.15) is 27.7 Å². The summed E-state index contributed by atoms with van der Waals surface area (Å²) in [5.41, 5.74) is 1.11. The van der Waals surface area contributed by atoms with Gasteiger partial charge in [-0.1, -0.05) is 88.4 Å². The largest absolute Gasteiger partial charge is 0.494 e. The zero-order valence-corrected chi connectivity index (χ0v) is 15.8. The van der Waals surface area contributed by atoms with Gasteiger partial charge in [0.15, 0.2) is 0 Å². The molecule has 1 fully saturated rings. The number of hydrogen-bond acceptors (Lipinski definition) is 2. The summed E-state index contributed by atoms with van der Waals surface area (Å²) in [5, 5.41) is 1.37. The second kappa shape index (κ2) is 7.82. The second-order valence-electron chi connectivity index (χ2n) is 7.03. The fraction of sp³-hybridized carbons (Fsp3) is 0.400. The first-order valence-electron chi connectivity index (χ1n) is 8.77. The maximum atomic E-state index is 6.49. The van der Waals surface area contributed by atoms with E-state index in [1.807, 2.05) is 18.2 Å². The van der Waals surface area contributed by atoms with Crippen LogP contribution in [0.5, 0.6) is 0 Å². The van der Waals surface area contributed by atoms with Gasteiger partial charge in [-0.15, -0.1) is 0 Å². The van der Waals surface area contributed by atoms with Crippen molar-refractivity contribution in [1.29, 1.82) is 0 Å². The van der Waals surface area contributed by atoms with Gasteiger partial charge in [-0.25, -0.2) is 0 Å². The quantitative estimate of drug-likeness (QED) is 0.613. The first kappa shape index (κ1) is 17.7. The third kappa shape index (κ3) is 3.74. The number of hydrogen-bond donors (Lipinski definition) is 0. The van der Waals surface area contributed by atoms with Crippen LogP contribution in [0.2, 0.25) is 0 Å². The van der Waals surface area contributed by atoms with E-state index in [1.165, 1.54) is 5.30 Å². The van der Waals surface area contributed by atoms with Gasteiger partial charge >= 0.3 is 7.12 Å². The lowest BCUT2D eigenvalue weighted by atomic mass is 9.78. The third-order valence-electron chi connectivity index (χ3n) is 4.34. The van der Waals surface area contributed by atoms with Crippen LogP contribution in [0.3, 0.4) is 0 Å². The molecule has 2 nitrogen and oxygen atoms in total. The summed E-state index contributed by atoms with van der Waals surface area (Å²) in [7, 11) is -0.804. The Morgan fingerprint density at radius 3 is 1.67 bits per heavy atom. The Hall–Kier alpha value is -1.15. The van der Waals surface area contributed by atoms with E-state index >= 15 is 0 Å². The molecule has 0 amide bonds. The molecule has 3 atom stereocenters. The SMILES string of the molecule is CC(C)[C@H]1OB(c2ccccc2)O[C@@H](C(C)C)P1c1ccccc1. The van der Waals surface area contributed by atoms with Crippen molar-refractivity contribution >= 4 is 25.8 Å². The van der Waals surface area contributed by atoms with E-state index in [9.17, 15) is 0 Å². The zero-order chi connectivity index (χ0) is 17.1. The van der Waals surface area contributed by atoms with Crippen molar-refractivity contribution in [2.75, 3.05) is 0 Å². The molecule has 1 heterocycles. The van der Waals surface area contributed by atoms with Crippen LogP contribution in [0.25, 0.3) is 0 Å². The van der Waals surface area contributed by atoms with Gasteiger partial charge in [0.05, 0.1) is 11.7 Å². The maximum absolute atomic E-state index is 6.49. The Morgan fingerprint density at radius 2 is 1.21 bits per heavy atom. The molecule has 0 aromatic heterocycles. The van der Waals surface area contributed by atoms with Gasteiger partial charge in [0.1, 0.15) is 0 Å². The lowest BCUT2D eigenvalue weighted by Gasteiger charge is -2.45. The predicted octanol–water partition coefficient (Wildman–Crippen LogP) is 4.20. The minimum Gasteiger partial charge on any atom is -0.400 e. The van der Waals surface area contributed by atoms with Crippen LogP contribution >= 0.6 is 7.92 Å². The number of rotatable bonds is 4. The van der Waals surface area contributed by atoms with Gasteiger partial charge in [-0.2, -0.15) is 0 Å². The molecule has 126 valence electrons. The third-order valence-corrected chi connectivity index (χ3v) is 7.77. The minimum absolute atomic E-state index is 0.203. The fourth-order valence-electron chi connectivity index (χ4n) is 3.18. The average molecular weight is 340 g/mol. The molecule has 3 rings (SSSR count). The van der Waals surface area contributed by atoms with Gasteiger partial charge < -0.3 is 9.31 Å². The van der Waals surface area contributed by atoms with Crippen LogP contribution in [0, 0.1) is 11.8 Å². The molecule has 0 bridgehead atoms. The van der Waals surface area contributed by atoms with Crippen molar-refractivity contribution in [3.63, 3.8) is 0 Å². The lowest BCUT2D eigenvalue weighted by molar-refractivity contribution is 0.107. The molecule has 2 aromatic rings. The second-order valence-corrected chi connectivity index (χ2v) is 9.38. The summed E-state index contributed by atoms with van der Waals surface area (Å²) in [6.45, 7) is 9.03. The normalized spacial score (nSPS) is 24.6. The molecule has 1 aliphatic heterocycles. The van der Waals surface area contributed by atoms with Crippen LogP contribution < -0.4 is 10.8 Å². The van der Waals surface area contributed by atoms with Crippen LogP contribution in [-0.4, -0.2) is 18.8 Å². The molecule has 4 heteroatoms.